The van der Waals surface area contributed by atoms with Gasteiger partial charge < -0.3 is 24.1 Å². The van der Waals surface area contributed by atoms with Gasteiger partial charge >= 0.3 is 11.9 Å². The molecule has 0 amide bonds. The second-order valence-corrected chi connectivity index (χ2v) is 9.97. The molecule has 29 heavy (non-hydrogen) atoms. The minimum Gasteiger partial charge on any atom is -0.465 e. The number of carbonyl (C=O) groups is 2. The minimum absolute atomic E-state index is 0.111. The lowest BCUT2D eigenvalue weighted by Gasteiger charge is -2.63. The molecule has 2 aliphatic carbocycles. The molecule has 0 aromatic heterocycles. The molecule has 7 heteroatoms. The van der Waals surface area contributed by atoms with Crippen LogP contribution in [0.2, 0.25) is 0 Å². The van der Waals surface area contributed by atoms with E-state index in [9.17, 15) is 14.7 Å². The molecule has 0 unspecified atom stereocenters. The minimum atomic E-state index is -1.29. The monoisotopic (exact) mass is 406 g/mol. The number of aliphatic hydroxyl groups is 1. The van der Waals surface area contributed by atoms with E-state index in [-0.39, 0.29) is 25.0 Å². The zero-order valence-electron chi connectivity index (χ0n) is 17.7. The van der Waals surface area contributed by atoms with Gasteiger partial charge in [-0.25, -0.2) is 0 Å². The first-order valence-electron chi connectivity index (χ1n) is 10.6. The normalized spacial score (nSPS) is 52.3. The predicted molar refractivity (Wildman–Crippen MR) is 101 cm³/mol. The predicted octanol–water partition coefficient (Wildman–Crippen LogP) is 1.91. The van der Waals surface area contributed by atoms with Crippen molar-refractivity contribution in [3.8, 4) is 0 Å². The highest BCUT2D eigenvalue weighted by Gasteiger charge is 2.82. The second-order valence-electron chi connectivity index (χ2n) is 9.97. The van der Waals surface area contributed by atoms with Crippen LogP contribution in [0.3, 0.4) is 0 Å². The lowest BCUT2D eigenvalue weighted by Crippen LogP contribution is -2.73. The van der Waals surface area contributed by atoms with Gasteiger partial charge in [0, 0.05) is 32.3 Å². The first-order valence-corrected chi connectivity index (χ1v) is 10.6. The van der Waals surface area contributed by atoms with E-state index < -0.39 is 46.2 Å². The number of ether oxygens (including phenoxy) is 4. The summed E-state index contributed by atoms with van der Waals surface area (Å²) >= 11 is 0. The van der Waals surface area contributed by atoms with Crippen LogP contribution in [-0.2, 0) is 28.5 Å². The summed E-state index contributed by atoms with van der Waals surface area (Å²) in [5.41, 5.74) is -2.13. The smallest absolute Gasteiger partial charge is 0.319 e. The van der Waals surface area contributed by atoms with Crippen molar-refractivity contribution in [1.82, 2.24) is 0 Å². The van der Waals surface area contributed by atoms with E-state index >= 15 is 0 Å². The van der Waals surface area contributed by atoms with Crippen LogP contribution in [0.5, 0.6) is 0 Å². The molecule has 1 N–H and O–H groups in total. The average molecular weight is 406 g/mol. The summed E-state index contributed by atoms with van der Waals surface area (Å²) in [6, 6.07) is 0. The van der Waals surface area contributed by atoms with Crippen molar-refractivity contribution < 1.29 is 33.6 Å². The molecule has 7 nitrogen and oxygen atoms in total. The number of rotatable bonds is 3. The van der Waals surface area contributed by atoms with E-state index in [0.717, 1.165) is 17.6 Å². The largest absolute Gasteiger partial charge is 0.465 e. The number of esters is 2. The Morgan fingerprint density at radius 1 is 1.34 bits per heavy atom. The molecule has 0 aromatic rings. The molecular formula is C22H30O7. The lowest BCUT2D eigenvalue weighted by molar-refractivity contribution is -0.264. The third-order valence-electron chi connectivity index (χ3n) is 9.07. The Kier molecular flexibility index (Phi) is 3.78. The molecule has 5 rings (SSSR count). The van der Waals surface area contributed by atoms with Crippen molar-refractivity contribution in [1.29, 1.82) is 0 Å². The van der Waals surface area contributed by atoms with Gasteiger partial charge in [0.15, 0.2) is 0 Å². The zero-order valence-corrected chi connectivity index (χ0v) is 17.7. The SMILES string of the molecule is CO[C@@H]1C2=C(C)[C@H]3C[C@@]4(COC(C)=O)C(=O)O[C@H]5CC[C@H](C)[C@]1(C)[C@@]5(O)C[C@@]24O3. The Labute approximate surface area is 170 Å². The number of fused-ring (bicyclic) bond motifs is 1. The Morgan fingerprint density at radius 2 is 2.07 bits per heavy atom. The topological polar surface area (TPSA) is 91.3 Å². The van der Waals surface area contributed by atoms with Crippen molar-refractivity contribution in [3.05, 3.63) is 11.1 Å². The van der Waals surface area contributed by atoms with Gasteiger partial charge in [0.2, 0.25) is 0 Å². The van der Waals surface area contributed by atoms with Crippen LogP contribution in [0.15, 0.2) is 11.1 Å². The maximum absolute atomic E-state index is 13.6. The van der Waals surface area contributed by atoms with Crippen molar-refractivity contribution >= 4 is 11.9 Å². The molecule has 3 heterocycles. The van der Waals surface area contributed by atoms with E-state index in [1.54, 1.807) is 7.11 Å². The van der Waals surface area contributed by atoms with Crippen LogP contribution in [0, 0.1) is 16.7 Å². The van der Waals surface area contributed by atoms with E-state index in [2.05, 4.69) is 13.8 Å². The van der Waals surface area contributed by atoms with Crippen LogP contribution < -0.4 is 0 Å². The van der Waals surface area contributed by atoms with Crippen LogP contribution in [0.4, 0.5) is 0 Å². The third kappa shape index (κ3) is 1.91. The highest BCUT2D eigenvalue weighted by Crippen LogP contribution is 2.72. The first-order chi connectivity index (χ1) is 13.6. The molecule has 5 aliphatic rings. The molecule has 3 aliphatic heterocycles. The average Bonchev–Trinajstić information content (AvgIpc) is 3.09. The molecule has 8 atom stereocenters. The first kappa shape index (κ1) is 19.5. The number of methoxy groups -OCH3 is 1. The summed E-state index contributed by atoms with van der Waals surface area (Å²) in [7, 11) is 1.66. The van der Waals surface area contributed by atoms with E-state index in [0.29, 0.717) is 12.8 Å². The van der Waals surface area contributed by atoms with Gasteiger partial charge in [0.1, 0.15) is 29.3 Å². The number of carbonyl (C=O) groups excluding carboxylic acids is 2. The molecule has 160 valence electrons. The summed E-state index contributed by atoms with van der Waals surface area (Å²) in [5, 5.41) is 12.2. The van der Waals surface area contributed by atoms with Crippen molar-refractivity contribution in [2.24, 2.45) is 16.7 Å². The Bertz CT molecular complexity index is 835. The van der Waals surface area contributed by atoms with Crippen molar-refractivity contribution in [3.63, 3.8) is 0 Å². The standard InChI is InChI=1S/C22H30O7/c1-11-6-7-15-21(25)9-22-16(17(26-5)19(11,21)4)12(2)14(29-22)8-20(22,18(24)28-15)10-27-13(3)23/h11,14-15,17,25H,6-10H2,1-5H3/t11-,14+,15-,17+,19-,20+,21+,22+/m0/s1. The van der Waals surface area contributed by atoms with Gasteiger partial charge in [-0.3, -0.25) is 9.59 Å². The van der Waals surface area contributed by atoms with Crippen molar-refractivity contribution in [2.45, 2.75) is 82.9 Å². The summed E-state index contributed by atoms with van der Waals surface area (Å²) in [6.45, 7) is 7.45. The summed E-state index contributed by atoms with van der Waals surface area (Å²) < 4.78 is 24.0. The Hall–Kier alpha value is -1.44. The van der Waals surface area contributed by atoms with Gasteiger partial charge in [-0.05, 0) is 36.8 Å². The fourth-order valence-electron chi connectivity index (χ4n) is 7.31. The van der Waals surface area contributed by atoms with Gasteiger partial charge in [0.25, 0.3) is 0 Å². The van der Waals surface area contributed by atoms with Crippen LogP contribution in [0.1, 0.15) is 53.4 Å². The van der Waals surface area contributed by atoms with E-state index in [1.807, 2.05) is 6.92 Å². The maximum atomic E-state index is 13.6. The van der Waals surface area contributed by atoms with Crippen molar-refractivity contribution in [2.75, 3.05) is 13.7 Å². The van der Waals surface area contributed by atoms with Gasteiger partial charge in [-0.2, -0.15) is 0 Å². The molecule has 0 radical (unpaired) electrons. The van der Waals surface area contributed by atoms with E-state index in [1.165, 1.54) is 6.92 Å². The summed E-state index contributed by atoms with van der Waals surface area (Å²) in [6.07, 6.45) is 0.753. The molecule has 4 fully saturated rings. The summed E-state index contributed by atoms with van der Waals surface area (Å²) in [4.78, 5) is 25.2. The summed E-state index contributed by atoms with van der Waals surface area (Å²) in [5.74, 6) is -0.711. The maximum Gasteiger partial charge on any atom is 0.319 e. The van der Waals surface area contributed by atoms with Gasteiger partial charge in [-0.15, -0.1) is 0 Å². The van der Waals surface area contributed by atoms with Gasteiger partial charge in [0.05, 0.1) is 12.2 Å². The molecule has 3 bridgehead atoms. The quantitative estimate of drug-likeness (QED) is 0.565. The molecule has 1 spiro atoms. The number of hydrogen-bond acceptors (Lipinski definition) is 7. The number of hydrogen-bond donors (Lipinski definition) is 1. The van der Waals surface area contributed by atoms with Gasteiger partial charge in [-0.1, -0.05) is 13.8 Å². The molecule has 0 aromatic carbocycles. The molecule has 2 saturated carbocycles. The molecule has 2 saturated heterocycles. The van der Waals surface area contributed by atoms with Crippen LogP contribution in [-0.4, -0.2) is 60.3 Å². The zero-order chi connectivity index (χ0) is 21.0. The molecular weight excluding hydrogens is 376 g/mol. The fourth-order valence-corrected chi connectivity index (χ4v) is 7.31. The highest BCUT2D eigenvalue weighted by molar-refractivity contribution is 5.83. The van der Waals surface area contributed by atoms with Crippen LogP contribution in [0.25, 0.3) is 0 Å². The lowest BCUT2D eigenvalue weighted by atomic mass is 9.44. The van der Waals surface area contributed by atoms with E-state index in [4.69, 9.17) is 18.9 Å². The second kappa shape index (κ2) is 5.62. The van der Waals surface area contributed by atoms with Crippen LogP contribution >= 0.6 is 0 Å². The fraction of sp³-hybridized carbons (Fsp3) is 0.818. The Morgan fingerprint density at radius 3 is 2.72 bits per heavy atom. The highest BCUT2D eigenvalue weighted by atomic mass is 16.6. The third-order valence-corrected chi connectivity index (χ3v) is 9.07. The Balaban J connectivity index is 1.78.